The fraction of sp³-hybridized carbons (Fsp3) is 0.318. The number of fused-ring (bicyclic) bond motifs is 1. The van der Waals surface area contributed by atoms with Crippen LogP contribution in [0.5, 0.6) is 34.5 Å². The molecule has 0 spiro atoms. The lowest BCUT2D eigenvalue weighted by Crippen LogP contribution is -2.58. The van der Waals surface area contributed by atoms with E-state index in [-0.39, 0.29) is 28.0 Å². The third kappa shape index (κ3) is 3.82. The summed E-state index contributed by atoms with van der Waals surface area (Å²) in [5.74, 6) is -3.30. The number of aliphatic hydroxyl groups excluding tert-OH is 3. The molecule has 5 atom stereocenters. The average Bonchev–Trinajstić information content (AvgIpc) is 2.76. The molecule has 0 radical (unpaired) electrons. The Bertz CT molecular complexity index is 1280. The Balaban J connectivity index is 1.94. The second-order valence-corrected chi connectivity index (χ2v) is 7.77. The number of phenolic OH excluding ortho intramolecular Hbond substituents is 4. The van der Waals surface area contributed by atoms with Crippen molar-refractivity contribution in [1.29, 1.82) is 0 Å². The lowest BCUT2D eigenvalue weighted by molar-refractivity contribution is -0.268. The molecule has 12 nitrogen and oxygen atoms in total. The number of phenols is 4. The molecule has 182 valence electrons. The van der Waals surface area contributed by atoms with Gasteiger partial charge >= 0.3 is 0 Å². The van der Waals surface area contributed by atoms with Crippen LogP contribution in [0.15, 0.2) is 33.5 Å². The van der Waals surface area contributed by atoms with Gasteiger partial charge in [0.25, 0.3) is 0 Å². The predicted octanol–water partition coefficient (Wildman–Crippen LogP) is 0.497. The maximum Gasteiger partial charge on any atom is 0.239 e. The molecular formula is C22H22O12. The fourth-order valence-corrected chi connectivity index (χ4v) is 3.73. The van der Waals surface area contributed by atoms with Crippen LogP contribution in [0.25, 0.3) is 22.3 Å². The Morgan fingerprint density at radius 2 is 1.50 bits per heavy atom. The average molecular weight is 478 g/mol. The summed E-state index contributed by atoms with van der Waals surface area (Å²) in [4.78, 5) is 13.3. The number of hydrogen-bond acceptors (Lipinski definition) is 12. The number of hydrogen-bond donors (Lipinski definition) is 7. The van der Waals surface area contributed by atoms with E-state index in [0.717, 1.165) is 24.3 Å². The third-order valence-electron chi connectivity index (χ3n) is 5.48. The van der Waals surface area contributed by atoms with Crippen molar-refractivity contribution >= 4 is 11.0 Å². The van der Waals surface area contributed by atoms with Crippen molar-refractivity contribution in [3.8, 4) is 45.8 Å². The molecule has 1 fully saturated rings. The minimum absolute atomic E-state index is 0.0773. The van der Waals surface area contributed by atoms with Gasteiger partial charge in [-0.15, -0.1) is 0 Å². The zero-order valence-electron chi connectivity index (χ0n) is 17.9. The van der Waals surface area contributed by atoms with Crippen molar-refractivity contribution in [2.45, 2.75) is 37.6 Å². The maximum atomic E-state index is 13.3. The topological polar surface area (TPSA) is 200 Å². The highest BCUT2D eigenvalue weighted by atomic mass is 16.7. The molecule has 3 aromatic rings. The number of rotatable bonds is 4. The van der Waals surface area contributed by atoms with Gasteiger partial charge in [0, 0.05) is 17.7 Å². The summed E-state index contributed by atoms with van der Waals surface area (Å²) in [6, 6.07) is 4.15. The number of ether oxygens (including phenoxy) is 3. The molecule has 12 heteroatoms. The van der Waals surface area contributed by atoms with E-state index in [1.165, 1.54) is 14.0 Å². The molecule has 2 aromatic carbocycles. The van der Waals surface area contributed by atoms with Gasteiger partial charge in [0.1, 0.15) is 40.8 Å². The van der Waals surface area contributed by atoms with Crippen LogP contribution < -0.4 is 14.9 Å². The molecule has 0 bridgehead atoms. The standard InChI is InChI=1S/C22H22O12/c1-7-15(27)17(29)18(30)22(32-7)34-21-16(28)14-10(24)5-9(23)6-13(14)33-19(21)8-3-11(25)20(31-2)12(26)4-8/h3-7,15,17-18,22-27,29-30H,1-2H3/t7-,15-,17+,18+,22?/m1/s1. The lowest BCUT2D eigenvalue weighted by Gasteiger charge is -2.38. The van der Waals surface area contributed by atoms with Crippen LogP contribution in [0.4, 0.5) is 0 Å². The lowest BCUT2D eigenvalue weighted by atomic mass is 10.00. The summed E-state index contributed by atoms with van der Waals surface area (Å²) < 4.78 is 21.6. The zero-order chi connectivity index (χ0) is 24.9. The van der Waals surface area contributed by atoms with Crippen molar-refractivity contribution in [1.82, 2.24) is 0 Å². The van der Waals surface area contributed by atoms with Crippen molar-refractivity contribution < 1.29 is 54.4 Å². The summed E-state index contributed by atoms with van der Waals surface area (Å²) in [6.45, 7) is 1.41. The minimum Gasteiger partial charge on any atom is -0.508 e. The zero-order valence-corrected chi connectivity index (χ0v) is 17.9. The van der Waals surface area contributed by atoms with Gasteiger partial charge in [-0.25, -0.2) is 0 Å². The molecule has 0 amide bonds. The Labute approximate surface area is 191 Å². The van der Waals surface area contributed by atoms with Gasteiger partial charge in [-0.2, -0.15) is 0 Å². The molecule has 4 rings (SSSR count). The Kier molecular flexibility index (Phi) is 5.91. The van der Waals surface area contributed by atoms with Gasteiger partial charge in [-0.05, 0) is 19.1 Å². The number of aliphatic hydroxyl groups is 3. The van der Waals surface area contributed by atoms with Crippen LogP contribution in [-0.4, -0.2) is 73.6 Å². The Morgan fingerprint density at radius 1 is 0.853 bits per heavy atom. The summed E-state index contributed by atoms with van der Waals surface area (Å²) >= 11 is 0. The first-order chi connectivity index (χ1) is 16.0. The van der Waals surface area contributed by atoms with Gasteiger partial charge in [-0.3, -0.25) is 4.79 Å². The van der Waals surface area contributed by atoms with E-state index in [1.54, 1.807) is 0 Å². The van der Waals surface area contributed by atoms with E-state index in [9.17, 15) is 40.5 Å². The molecular weight excluding hydrogens is 456 g/mol. The molecule has 7 N–H and O–H groups in total. The van der Waals surface area contributed by atoms with E-state index in [0.29, 0.717) is 0 Å². The number of methoxy groups -OCH3 is 1. The molecule has 1 aromatic heterocycles. The van der Waals surface area contributed by atoms with Crippen molar-refractivity contribution in [3.05, 3.63) is 34.5 Å². The van der Waals surface area contributed by atoms with E-state index in [2.05, 4.69) is 0 Å². The minimum atomic E-state index is -1.78. The van der Waals surface area contributed by atoms with Crippen LogP contribution in [0.2, 0.25) is 0 Å². The molecule has 1 unspecified atom stereocenters. The highest BCUT2D eigenvalue weighted by Crippen LogP contribution is 2.43. The quantitative estimate of drug-likeness (QED) is 0.274. The molecule has 1 aliphatic rings. The first kappa shape index (κ1) is 23.4. The molecule has 1 saturated heterocycles. The second-order valence-electron chi connectivity index (χ2n) is 7.77. The maximum absolute atomic E-state index is 13.3. The molecule has 2 heterocycles. The van der Waals surface area contributed by atoms with Gasteiger partial charge < -0.3 is 54.4 Å². The highest BCUT2D eigenvalue weighted by Gasteiger charge is 2.44. The van der Waals surface area contributed by atoms with E-state index < -0.39 is 64.9 Å². The van der Waals surface area contributed by atoms with Gasteiger partial charge in [0.2, 0.25) is 23.2 Å². The SMILES string of the molecule is COc1c(O)cc(-c2oc3cc(O)cc(O)c3c(=O)c2OC2O[C@H](C)[C@@H](O)[C@H](O)[C@@H]2O)cc1O. The van der Waals surface area contributed by atoms with E-state index in [4.69, 9.17) is 18.6 Å². The third-order valence-corrected chi connectivity index (χ3v) is 5.48. The van der Waals surface area contributed by atoms with Gasteiger partial charge in [-0.1, -0.05) is 0 Å². The molecule has 1 aliphatic heterocycles. The Hall–Kier alpha value is -3.71. The van der Waals surface area contributed by atoms with Crippen molar-refractivity contribution in [2.24, 2.45) is 0 Å². The molecule has 0 aliphatic carbocycles. The van der Waals surface area contributed by atoms with Crippen LogP contribution >= 0.6 is 0 Å². The number of benzene rings is 2. The Morgan fingerprint density at radius 3 is 2.12 bits per heavy atom. The summed E-state index contributed by atoms with van der Waals surface area (Å²) in [5, 5.41) is 70.4. The largest absolute Gasteiger partial charge is 0.508 e. The summed E-state index contributed by atoms with van der Waals surface area (Å²) in [7, 11) is 1.22. The van der Waals surface area contributed by atoms with E-state index in [1.807, 2.05) is 0 Å². The van der Waals surface area contributed by atoms with Crippen molar-refractivity contribution in [3.63, 3.8) is 0 Å². The number of aromatic hydroxyl groups is 4. The van der Waals surface area contributed by atoms with Gasteiger partial charge in [0.15, 0.2) is 17.3 Å². The monoisotopic (exact) mass is 478 g/mol. The van der Waals surface area contributed by atoms with Crippen LogP contribution in [0.1, 0.15) is 6.92 Å². The first-order valence-corrected chi connectivity index (χ1v) is 10.0. The predicted molar refractivity (Wildman–Crippen MR) is 114 cm³/mol. The van der Waals surface area contributed by atoms with E-state index >= 15 is 0 Å². The highest BCUT2D eigenvalue weighted by molar-refractivity contribution is 5.88. The van der Waals surface area contributed by atoms with Crippen molar-refractivity contribution in [2.75, 3.05) is 7.11 Å². The van der Waals surface area contributed by atoms with Gasteiger partial charge in [0.05, 0.1) is 13.2 Å². The molecule has 0 saturated carbocycles. The van der Waals surface area contributed by atoms with Crippen LogP contribution in [0, 0.1) is 0 Å². The second kappa shape index (κ2) is 8.57. The molecule has 34 heavy (non-hydrogen) atoms. The normalized spacial score (nSPS) is 24.8. The van der Waals surface area contributed by atoms with Crippen LogP contribution in [0.3, 0.4) is 0 Å². The fourth-order valence-electron chi connectivity index (χ4n) is 3.73. The smallest absolute Gasteiger partial charge is 0.239 e. The summed E-state index contributed by atoms with van der Waals surface area (Å²) in [6.07, 6.45) is -7.50. The first-order valence-electron chi connectivity index (χ1n) is 10.0. The van der Waals surface area contributed by atoms with Crippen LogP contribution in [-0.2, 0) is 4.74 Å². The summed E-state index contributed by atoms with van der Waals surface area (Å²) in [5.41, 5.74) is -1.28.